The predicted molar refractivity (Wildman–Crippen MR) is 107 cm³/mol. The standard InChI is InChI=1S/C22H28N2O3/c25-13-10-17-6-8-18(9-7-17)19-4-3-5-20(14-19)22(27)23-15-21(26)16-24-11-1-2-12-24/h3-9,14,21,25-26H,1-2,10-13,15-16H2,(H,23,27). The van der Waals surface area contributed by atoms with Crippen LogP contribution in [0.3, 0.4) is 0 Å². The monoisotopic (exact) mass is 368 g/mol. The Morgan fingerprint density at radius 2 is 1.81 bits per heavy atom. The summed E-state index contributed by atoms with van der Waals surface area (Å²) < 4.78 is 0. The molecule has 3 N–H and O–H groups in total. The number of β-amino-alcohol motifs (C(OH)–C–C–N with tert-alkyl or cyclic N) is 1. The van der Waals surface area contributed by atoms with Crippen LogP contribution in [0, 0.1) is 0 Å². The van der Waals surface area contributed by atoms with Gasteiger partial charge in [0.25, 0.3) is 5.91 Å². The lowest BCUT2D eigenvalue weighted by Gasteiger charge is -2.19. The number of likely N-dealkylation sites (tertiary alicyclic amines) is 1. The number of aliphatic hydroxyl groups is 2. The van der Waals surface area contributed by atoms with E-state index in [1.165, 1.54) is 12.8 Å². The number of carbonyl (C=O) groups is 1. The molecule has 1 saturated heterocycles. The summed E-state index contributed by atoms with van der Waals surface area (Å²) in [5, 5.41) is 22.0. The highest BCUT2D eigenvalue weighted by molar-refractivity contribution is 5.95. The van der Waals surface area contributed by atoms with E-state index in [0.717, 1.165) is 29.8 Å². The third-order valence-corrected chi connectivity index (χ3v) is 4.98. The third kappa shape index (κ3) is 5.63. The van der Waals surface area contributed by atoms with Crippen LogP contribution in [0.1, 0.15) is 28.8 Å². The molecule has 1 amide bonds. The van der Waals surface area contributed by atoms with Gasteiger partial charge in [0.2, 0.25) is 0 Å². The van der Waals surface area contributed by atoms with Crippen LogP contribution in [0.25, 0.3) is 11.1 Å². The molecule has 2 aromatic rings. The Morgan fingerprint density at radius 1 is 1.07 bits per heavy atom. The van der Waals surface area contributed by atoms with E-state index in [2.05, 4.69) is 10.2 Å². The number of hydrogen-bond acceptors (Lipinski definition) is 4. The lowest BCUT2D eigenvalue weighted by molar-refractivity contribution is 0.0879. The fourth-order valence-corrected chi connectivity index (χ4v) is 3.47. The number of nitrogens with one attached hydrogen (secondary N) is 1. The van der Waals surface area contributed by atoms with E-state index >= 15 is 0 Å². The zero-order chi connectivity index (χ0) is 19.1. The molecule has 144 valence electrons. The minimum atomic E-state index is -0.547. The molecule has 5 heteroatoms. The second-order valence-electron chi connectivity index (χ2n) is 7.12. The van der Waals surface area contributed by atoms with Crippen LogP contribution in [0.15, 0.2) is 48.5 Å². The van der Waals surface area contributed by atoms with Gasteiger partial charge >= 0.3 is 0 Å². The molecule has 0 aliphatic carbocycles. The van der Waals surface area contributed by atoms with E-state index in [-0.39, 0.29) is 19.1 Å². The molecule has 1 unspecified atom stereocenters. The normalized spacial score (nSPS) is 15.6. The van der Waals surface area contributed by atoms with E-state index < -0.39 is 6.10 Å². The number of rotatable bonds is 8. The Morgan fingerprint density at radius 3 is 2.52 bits per heavy atom. The topological polar surface area (TPSA) is 72.8 Å². The molecule has 1 atom stereocenters. The Kier molecular flexibility index (Phi) is 6.98. The van der Waals surface area contributed by atoms with Crippen molar-refractivity contribution >= 4 is 5.91 Å². The van der Waals surface area contributed by atoms with Gasteiger partial charge in [0, 0.05) is 25.3 Å². The Bertz CT molecular complexity index is 739. The number of benzene rings is 2. The summed E-state index contributed by atoms with van der Waals surface area (Å²) in [5.74, 6) is -0.172. The first-order valence-electron chi connectivity index (χ1n) is 9.64. The molecular weight excluding hydrogens is 340 g/mol. The number of aliphatic hydroxyl groups excluding tert-OH is 2. The summed E-state index contributed by atoms with van der Waals surface area (Å²) in [6, 6.07) is 15.5. The molecule has 1 aliphatic heterocycles. The molecule has 1 heterocycles. The van der Waals surface area contributed by atoms with Gasteiger partial charge in [0.15, 0.2) is 0 Å². The predicted octanol–water partition coefficient (Wildman–Crippen LogP) is 2.07. The lowest BCUT2D eigenvalue weighted by Crippen LogP contribution is -2.39. The fraction of sp³-hybridized carbons (Fsp3) is 0.409. The third-order valence-electron chi connectivity index (χ3n) is 4.98. The average Bonchev–Trinajstić information content (AvgIpc) is 3.20. The highest BCUT2D eigenvalue weighted by Crippen LogP contribution is 2.21. The van der Waals surface area contributed by atoms with Crippen molar-refractivity contribution in [1.29, 1.82) is 0 Å². The molecule has 27 heavy (non-hydrogen) atoms. The van der Waals surface area contributed by atoms with Gasteiger partial charge in [-0.1, -0.05) is 36.4 Å². The van der Waals surface area contributed by atoms with Gasteiger partial charge in [-0.3, -0.25) is 4.79 Å². The lowest BCUT2D eigenvalue weighted by atomic mass is 10.0. The van der Waals surface area contributed by atoms with Crippen molar-refractivity contribution in [2.45, 2.75) is 25.4 Å². The van der Waals surface area contributed by atoms with Crippen LogP contribution in [0.5, 0.6) is 0 Å². The highest BCUT2D eigenvalue weighted by atomic mass is 16.3. The summed E-state index contributed by atoms with van der Waals surface area (Å²) in [7, 11) is 0. The van der Waals surface area contributed by atoms with Crippen LogP contribution in [-0.4, -0.2) is 59.9 Å². The summed E-state index contributed by atoms with van der Waals surface area (Å²) in [6.07, 6.45) is 2.47. The maximum Gasteiger partial charge on any atom is 0.251 e. The van der Waals surface area contributed by atoms with Crippen molar-refractivity contribution in [3.8, 4) is 11.1 Å². The van der Waals surface area contributed by atoms with Gasteiger partial charge in [-0.2, -0.15) is 0 Å². The smallest absolute Gasteiger partial charge is 0.251 e. The van der Waals surface area contributed by atoms with Crippen molar-refractivity contribution in [2.75, 3.05) is 32.8 Å². The largest absolute Gasteiger partial charge is 0.396 e. The van der Waals surface area contributed by atoms with Gasteiger partial charge in [-0.15, -0.1) is 0 Å². The van der Waals surface area contributed by atoms with Crippen LogP contribution >= 0.6 is 0 Å². The molecule has 1 aliphatic rings. The van der Waals surface area contributed by atoms with E-state index in [1.54, 1.807) is 6.07 Å². The molecule has 0 aromatic heterocycles. The van der Waals surface area contributed by atoms with Crippen molar-refractivity contribution in [2.24, 2.45) is 0 Å². The number of nitrogens with zero attached hydrogens (tertiary/aromatic N) is 1. The van der Waals surface area contributed by atoms with Crippen LogP contribution in [0.2, 0.25) is 0 Å². The maximum atomic E-state index is 12.4. The van der Waals surface area contributed by atoms with E-state index in [1.807, 2.05) is 42.5 Å². The summed E-state index contributed by atoms with van der Waals surface area (Å²) in [5.41, 5.74) is 3.67. The molecule has 5 nitrogen and oxygen atoms in total. The van der Waals surface area contributed by atoms with Gasteiger partial charge in [0.1, 0.15) is 0 Å². The number of carbonyl (C=O) groups excluding carboxylic acids is 1. The summed E-state index contributed by atoms with van der Waals surface area (Å²) in [6.45, 7) is 3.07. The quantitative estimate of drug-likeness (QED) is 0.667. The van der Waals surface area contributed by atoms with E-state index in [4.69, 9.17) is 5.11 Å². The molecule has 0 radical (unpaired) electrons. The number of amides is 1. The first kappa shape index (κ1) is 19.5. The zero-order valence-corrected chi connectivity index (χ0v) is 15.6. The van der Waals surface area contributed by atoms with E-state index in [0.29, 0.717) is 18.5 Å². The Hall–Kier alpha value is -2.21. The molecule has 2 aromatic carbocycles. The second kappa shape index (κ2) is 9.65. The van der Waals surface area contributed by atoms with Crippen LogP contribution < -0.4 is 5.32 Å². The number of hydrogen-bond donors (Lipinski definition) is 3. The Labute approximate surface area is 160 Å². The first-order chi connectivity index (χ1) is 13.2. The first-order valence-corrected chi connectivity index (χ1v) is 9.64. The molecule has 1 fully saturated rings. The summed E-state index contributed by atoms with van der Waals surface area (Å²) in [4.78, 5) is 14.7. The molecule has 0 bridgehead atoms. The average molecular weight is 368 g/mol. The SMILES string of the molecule is O=C(NCC(O)CN1CCCC1)c1cccc(-c2ccc(CCO)cc2)c1. The van der Waals surface area contributed by atoms with Gasteiger partial charge in [-0.05, 0) is 61.2 Å². The minimum absolute atomic E-state index is 0.138. The van der Waals surface area contributed by atoms with Crippen molar-refractivity contribution in [3.05, 3.63) is 59.7 Å². The van der Waals surface area contributed by atoms with Gasteiger partial charge < -0.3 is 20.4 Å². The minimum Gasteiger partial charge on any atom is -0.396 e. The summed E-state index contributed by atoms with van der Waals surface area (Å²) >= 11 is 0. The fourth-order valence-electron chi connectivity index (χ4n) is 3.47. The highest BCUT2D eigenvalue weighted by Gasteiger charge is 2.16. The van der Waals surface area contributed by atoms with E-state index in [9.17, 15) is 9.90 Å². The van der Waals surface area contributed by atoms with Crippen LogP contribution in [-0.2, 0) is 6.42 Å². The zero-order valence-electron chi connectivity index (χ0n) is 15.6. The molecule has 0 spiro atoms. The van der Waals surface area contributed by atoms with Crippen LogP contribution in [0.4, 0.5) is 0 Å². The van der Waals surface area contributed by atoms with Gasteiger partial charge in [-0.25, -0.2) is 0 Å². The second-order valence-corrected chi connectivity index (χ2v) is 7.12. The van der Waals surface area contributed by atoms with Crippen molar-refractivity contribution in [3.63, 3.8) is 0 Å². The molecular formula is C22H28N2O3. The van der Waals surface area contributed by atoms with Crippen molar-refractivity contribution in [1.82, 2.24) is 10.2 Å². The Balaban J connectivity index is 1.58. The van der Waals surface area contributed by atoms with Gasteiger partial charge in [0.05, 0.1) is 6.10 Å². The molecule has 0 saturated carbocycles. The molecule has 3 rings (SSSR count). The maximum absolute atomic E-state index is 12.4. The van der Waals surface area contributed by atoms with Crippen molar-refractivity contribution < 1.29 is 15.0 Å².